The Morgan fingerprint density at radius 3 is 2.17 bits per heavy atom. The van der Waals surface area contributed by atoms with E-state index in [4.69, 9.17) is 4.74 Å². The average Bonchev–Trinajstić information content (AvgIpc) is 2.81. The number of nitrogens with one attached hydrogen (secondary N) is 1. The van der Waals surface area contributed by atoms with Crippen LogP contribution in [0.3, 0.4) is 0 Å². The fourth-order valence-electron chi connectivity index (χ4n) is 3.80. The highest BCUT2D eigenvalue weighted by molar-refractivity contribution is 6.05. The molecule has 3 atom stereocenters. The number of amides is 2. The molecule has 5 heteroatoms. The molecule has 23 heavy (non-hydrogen) atoms. The van der Waals surface area contributed by atoms with Crippen molar-refractivity contribution in [2.24, 2.45) is 11.8 Å². The molecule has 1 saturated heterocycles. The largest absolute Gasteiger partial charge is 0.497 e. The summed E-state index contributed by atoms with van der Waals surface area (Å²) in [5, 5.41) is 0. The molecule has 5 nitrogen and oxygen atoms in total. The average molecular weight is 317 g/mol. The van der Waals surface area contributed by atoms with Crippen LogP contribution in [0.25, 0.3) is 0 Å². The van der Waals surface area contributed by atoms with Crippen molar-refractivity contribution in [1.82, 2.24) is 4.90 Å². The summed E-state index contributed by atoms with van der Waals surface area (Å²) in [6.45, 7) is 1.23. The van der Waals surface area contributed by atoms with E-state index in [9.17, 15) is 9.59 Å². The number of methoxy groups -OCH3 is 1. The van der Waals surface area contributed by atoms with E-state index in [1.54, 1.807) is 7.11 Å². The molecule has 1 N–H and O–H groups in total. The maximum absolute atomic E-state index is 12.5. The topological polar surface area (TPSA) is 51.1 Å². The van der Waals surface area contributed by atoms with Gasteiger partial charge in [-0.15, -0.1) is 0 Å². The van der Waals surface area contributed by atoms with Gasteiger partial charge in [-0.25, -0.2) is 4.90 Å². The predicted octanol–water partition coefficient (Wildman–Crippen LogP) is 0.843. The molecule has 1 heterocycles. The molecule has 1 aromatic carbocycles. The Hall–Kier alpha value is -1.88. The number of quaternary nitrogens is 1. The fourth-order valence-corrected chi connectivity index (χ4v) is 3.80. The Morgan fingerprint density at radius 2 is 1.65 bits per heavy atom. The van der Waals surface area contributed by atoms with Gasteiger partial charge in [0.2, 0.25) is 11.8 Å². The zero-order valence-corrected chi connectivity index (χ0v) is 13.9. The second-order valence-electron chi connectivity index (χ2n) is 6.74. The van der Waals surface area contributed by atoms with E-state index < -0.39 is 0 Å². The van der Waals surface area contributed by atoms with Gasteiger partial charge in [0.1, 0.15) is 12.3 Å². The smallest absolute Gasteiger partial charge is 0.237 e. The van der Waals surface area contributed by atoms with E-state index in [-0.39, 0.29) is 23.7 Å². The summed E-state index contributed by atoms with van der Waals surface area (Å²) in [5.74, 6) is 0.831. The van der Waals surface area contributed by atoms with Crippen molar-refractivity contribution in [1.29, 1.82) is 0 Å². The zero-order valence-electron chi connectivity index (χ0n) is 13.9. The van der Waals surface area contributed by atoms with Crippen molar-refractivity contribution >= 4 is 11.8 Å². The summed E-state index contributed by atoms with van der Waals surface area (Å²) in [4.78, 5) is 27.6. The van der Waals surface area contributed by atoms with E-state index in [0.29, 0.717) is 6.67 Å². The van der Waals surface area contributed by atoms with Gasteiger partial charge in [-0.3, -0.25) is 9.59 Å². The van der Waals surface area contributed by atoms with Crippen molar-refractivity contribution in [2.45, 2.75) is 32.2 Å². The summed E-state index contributed by atoms with van der Waals surface area (Å²) in [6.07, 6.45) is 3.90. The van der Waals surface area contributed by atoms with Crippen LogP contribution in [0.5, 0.6) is 5.75 Å². The molecule has 0 aromatic heterocycles. The number of likely N-dealkylation sites (tertiary alicyclic amines) is 1. The number of ether oxygens (including phenoxy) is 1. The van der Waals surface area contributed by atoms with Crippen LogP contribution in [0.4, 0.5) is 0 Å². The van der Waals surface area contributed by atoms with Crippen LogP contribution in [0.15, 0.2) is 24.3 Å². The molecule has 1 saturated carbocycles. The Bertz CT molecular complexity index is 560. The lowest BCUT2D eigenvalue weighted by atomic mass is 9.81. The zero-order chi connectivity index (χ0) is 16.4. The van der Waals surface area contributed by atoms with E-state index in [2.05, 4.69) is 0 Å². The molecule has 2 amide bonds. The molecule has 1 aliphatic heterocycles. The van der Waals surface area contributed by atoms with E-state index >= 15 is 0 Å². The van der Waals surface area contributed by atoms with Crippen LogP contribution in [0.1, 0.15) is 31.2 Å². The number of rotatable bonds is 5. The second-order valence-corrected chi connectivity index (χ2v) is 6.74. The van der Waals surface area contributed by atoms with Gasteiger partial charge in [-0.05, 0) is 37.1 Å². The number of nitrogens with zero attached hydrogens (tertiary/aromatic N) is 1. The standard InChI is InChI=1S/C18H24N2O3/c1-19(11-13-7-9-14(23-2)10-8-13)12-20-17(21)15-5-3-4-6-16(15)18(20)22/h7-10,15-16H,3-6,11-12H2,1-2H3/p+1/t15-,16-/m0/s1. The van der Waals surface area contributed by atoms with Crippen LogP contribution in [-0.4, -0.2) is 37.5 Å². The highest BCUT2D eigenvalue weighted by Gasteiger charge is 2.48. The molecule has 2 fully saturated rings. The van der Waals surface area contributed by atoms with Gasteiger partial charge in [-0.2, -0.15) is 0 Å². The minimum atomic E-state index is -0.0509. The second kappa shape index (κ2) is 6.71. The maximum Gasteiger partial charge on any atom is 0.237 e. The lowest BCUT2D eigenvalue weighted by Crippen LogP contribution is -3.09. The molecule has 0 radical (unpaired) electrons. The molecule has 0 spiro atoms. The molecule has 0 bridgehead atoms. The Kier molecular flexibility index (Phi) is 4.66. The van der Waals surface area contributed by atoms with Crippen LogP contribution < -0.4 is 9.64 Å². The van der Waals surface area contributed by atoms with Gasteiger partial charge in [0.05, 0.1) is 26.0 Å². The number of benzene rings is 1. The number of carbonyl (C=O) groups is 2. The van der Waals surface area contributed by atoms with Crippen molar-refractivity contribution < 1.29 is 19.2 Å². The SMILES string of the molecule is COc1ccc(C[NH+](C)CN2C(=O)[C@H]3CCCC[C@@H]3C2=O)cc1. The lowest BCUT2D eigenvalue weighted by Gasteiger charge is -2.20. The van der Waals surface area contributed by atoms with Gasteiger partial charge in [-0.1, -0.05) is 12.8 Å². The van der Waals surface area contributed by atoms with E-state index in [1.165, 1.54) is 10.5 Å². The Labute approximate surface area is 137 Å². The molecule has 1 aliphatic carbocycles. The van der Waals surface area contributed by atoms with Crippen molar-refractivity contribution in [3.8, 4) is 5.75 Å². The number of hydrogen-bond donors (Lipinski definition) is 1. The first-order valence-electron chi connectivity index (χ1n) is 8.39. The molecule has 1 unspecified atom stereocenters. The summed E-state index contributed by atoms with van der Waals surface area (Å²) < 4.78 is 5.16. The highest BCUT2D eigenvalue weighted by atomic mass is 16.5. The third-order valence-corrected chi connectivity index (χ3v) is 5.03. The van der Waals surface area contributed by atoms with E-state index in [0.717, 1.165) is 42.9 Å². The quantitative estimate of drug-likeness (QED) is 0.819. The highest BCUT2D eigenvalue weighted by Crippen LogP contribution is 2.37. The molecule has 1 aromatic rings. The fraction of sp³-hybridized carbons (Fsp3) is 0.556. The third-order valence-electron chi connectivity index (χ3n) is 5.03. The summed E-state index contributed by atoms with van der Waals surface area (Å²) in [5.41, 5.74) is 1.17. The Morgan fingerprint density at radius 1 is 1.09 bits per heavy atom. The minimum Gasteiger partial charge on any atom is -0.497 e. The Balaban J connectivity index is 1.61. The van der Waals surface area contributed by atoms with Crippen LogP contribution >= 0.6 is 0 Å². The first kappa shape index (κ1) is 16.0. The van der Waals surface area contributed by atoms with Crippen molar-refractivity contribution in [3.05, 3.63) is 29.8 Å². The lowest BCUT2D eigenvalue weighted by molar-refractivity contribution is -0.901. The normalized spacial score (nSPS) is 25.4. The summed E-state index contributed by atoms with van der Waals surface area (Å²) in [7, 11) is 3.67. The monoisotopic (exact) mass is 317 g/mol. The van der Waals surface area contributed by atoms with Gasteiger partial charge >= 0.3 is 0 Å². The van der Waals surface area contributed by atoms with Crippen LogP contribution in [0.2, 0.25) is 0 Å². The summed E-state index contributed by atoms with van der Waals surface area (Å²) in [6, 6.07) is 7.91. The molecule has 124 valence electrons. The van der Waals surface area contributed by atoms with Gasteiger partial charge < -0.3 is 9.64 Å². The molecular formula is C18H25N2O3+. The van der Waals surface area contributed by atoms with Crippen LogP contribution in [0, 0.1) is 11.8 Å². The minimum absolute atomic E-state index is 0.0498. The third kappa shape index (κ3) is 3.24. The van der Waals surface area contributed by atoms with Crippen LogP contribution in [-0.2, 0) is 16.1 Å². The first-order chi connectivity index (χ1) is 11.1. The number of imide groups is 1. The van der Waals surface area contributed by atoms with Crippen molar-refractivity contribution in [2.75, 3.05) is 20.8 Å². The van der Waals surface area contributed by atoms with Gasteiger partial charge in [0, 0.05) is 5.56 Å². The van der Waals surface area contributed by atoms with E-state index in [1.807, 2.05) is 31.3 Å². The molecular weight excluding hydrogens is 292 g/mol. The van der Waals surface area contributed by atoms with Crippen molar-refractivity contribution in [3.63, 3.8) is 0 Å². The van der Waals surface area contributed by atoms with Gasteiger partial charge in [0.15, 0.2) is 6.67 Å². The number of carbonyl (C=O) groups excluding carboxylic acids is 2. The maximum atomic E-state index is 12.5. The molecule has 3 rings (SSSR count). The first-order valence-corrected chi connectivity index (χ1v) is 8.39. The number of hydrogen-bond acceptors (Lipinski definition) is 3. The predicted molar refractivity (Wildman–Crippen MR) is 85.8 cm³/mol. The summed E-state index contributed by atoms with van der Waals surface area (Å²) >= 11 is 0. The molecule has 2 aliphatic rings. The number of fused-ring (bicyclic) bond motifs is 1. The van der Waals surface area contributed by atoms with Gasteiger partial charge in [0.25, 0.3) is 0 Å².